The highest BCUT2D eigenvalue weighted by molar-refractivity contribution is 5.85. The summed E-state index contributed by atoms with van der Waals surface area (Å²) in [5.41, 5.74) is 5.59. The van der Waals surface area contributed by atoms with Crippen molar-refractivity contribution in [1.82, 2.24) is 4.90 Å². The summed E-state index contributed by atoms with van der Waals surface area (Å²) in [7, 11) is 0. The van der Waals surface area contributed by atoms with Gasteiger partial charge in [0.1, 0.15) is 22.9 Å². The van der Waals surface area contributed by atoms with Gasteiger partial charge in [-0.3, -0.25) is 4.79 Å². The summed E-state index contributed by atoms with van der Waals surface area (Å²) < 4.78 is 26.2. The van der Waals surface area contributed by atoms with Gasteiger partial charge >= 0.3 is 5.97 Å². The molecule has 2 aliphatic heterocycles. The lowest BCUT2D eigenvalue weighted by atomic mass is 9.74. The van der Waals surface area contributed by atoms with E-state index < -0.39 is 0 Å². The molecule has 2 unspecified atom stereocenters. The van der Waals surface area contributed by atoms with Gasteiger partial charge in [0.05, 0.1) is 5.56 Å². The number of rotatable bonds is 10. The molecule has 1 saturated heterocycles. The van der Waals surface area contributed by atoms with Gasteiger partial charge in [0.2, 0.25) is 0 Å². The Morgan fingerprint density at radius 3 is 2.60 bits per heavy atom. The van der Waals surface area contributed by atoms with Crippen LogP contribution in [0.4, 0.5) is 4.39 Å². The highest BCUT2D eigenvalue weighted by Gasteiger charge is 2.39. The Hall–Kier alpha value is -2.37. The number of carbonyl (C=O) groups excluding carboxylic acids is 1. The molecule has 0 spiro atoms. The number of hydrogen-bond donors (Lipinski definition) is 0. The van der Waals surface area contributed by atoms with Crippen LogP contribution >= 0.6 is 12.4 Å². The molecule has 3 aliphatic rings. The Morgan fingerprint density at radius 2 is 1.86 bits per heavy atom. The molecule has 5 rings (SSSR count). The van der Waals surface area contributed by atoms with Gasteiger partial charge in [0, 0.05) is 6.42 Å². The van der Waals surface area contributed by atoms with Crippen molar-refractivity contribution in [3.63, 3.8) is 0 Å². The lowest BCUT2D eigenvalue weighted by Gasteiger charge is -2.41. The molecule has 4 nitrogen and oxygen atoms in total. The average molecular weight is 598 g/mol. The third kappa shape index (κ3) is 7.96. The van der Waals surface area contributed by atoms with Crippen molar-refractivity contribution in [2.24, 2.45) is 5.92 Å². The first-order valence-corrected chi connectivity index (χ1v) is 16.0. The summed E-state index contributed by atoms with van der Waals surface area (Å²) in [5, 5.41) is 0. The number of benzene rings is 2. The second-order valence-corrected chi connectivity index (χ2v) is 13.2. The number of ether oxygens (including phenoxy) is 2. The molecule has 0 amide bonds. The molecule has 0 N–H and O–H groups in total. The number of carbonyl (C=O) groups is 1. The smallest absolute Gasteiger partial charge is 0.311 e. The maximum atomic E-state index is 13.3. The van der Waals surface area contributed by atoms with Crippen LogP contribution in [0.25, 0.3) is 5.57 Å². The Bertz CT molecular complexity index is 1250. The predicted molar refractivity (Wildman–Crippen MR) is 171 cm³/mol. The Morgan fingerprint density at radius 1 is 1.12 bits per heavy atom. The quantitative estimate of drug-likeness (QED) is 0.202. The lowest BCUT2D eigenvalue weighted by molar-refractivity contribution is -0.134. The van der Waals surface area contributed by atoms with Crippen LogP contribution in [-0.4, -0.2) is 36.1 Å². The maximum absolute atomic E-state index is 13.3. The molecule has 230 valence electrons. The standard InChI is InChI=1S/C36H48FNO3.ClH/c1-25-13-18-31-30(22-25)35-32(40-34(39)12-9-21-38-19-6-5-7-20-38)23-28(24-33(35)41-36(31,3)4)26(2)10-8-11-27-14-16-29(37)17-15-27;/h14-17,23-26H,5-13,18-22H2,1-4H3;1H. The molecule has 2 aromatic carbocycles. The molecule has 2 aromatic rings. The number of likely N-dealkylation sites (tertiary alicyclic amines) is 1. The zero-order valence-electron chi connectivity index (χ0n) is 26.0. The number of aryl methyl sites for hydroxylation is 1. The molecule has 6 heteroatoms. The molecule has 2 heterocycles. The van der Waals surface area contributed by atoms with Crippen LogP contribution in [0, 0.1) is 11.7 Å². The van der Waals surface area contributed by atoms with Crippen LogP contribution in [0.2, 0.25) is 0 Å². The minimum absolute atomic E-state index is 0. The van der Waals surface area contributed by atoms with Gasteiger partial charge in [0.25, 0.3) is 0 Å². The third-order valence-electron chi connectivity index (χ3n) is 9.40. The van der Waals surface area contributed by atoms with E-state index in [-0.39, 0.29) is 35.7 Å². The number of allylic oxidation sites excluding steroid dienone is 1. The maximum Gasteiger partial charge on any atom is 0.311 e. The number of fused-ring (bicyclic) bond motifs is 2. The van der Waals surface area contributed by atoms with Crippen molar-refractivity contribution in [1.29, 1.82) is 0 Å². The molecule has 0 bridgehead atoms. The minimum Gasteiger partial charge on any atom is -0.483 e. The van der Waals surface area contributed by atoms with Gasteiger partial charge in [-0.05, 0) is 150 Å². The molecule has 0 radical (unpaired) electrons. The van der Waals surface area contributed by atoms with Crippen molar-refractivity contribution >= 4 is 23.9 Å². The van der Waals surface area contributed by atoms with E-state index >= 15 is 0 Å². The van der Waals surface area contributed by atoms with Crippen LogP contribution in [0.5, 0.6) is 11.5 Å². The highest BCUT2D eigenvalue weighted by Crippen LogP contribution is 2.52. The number of esters is 1. The SMILES string of the molecule is CC1CCC2=C(C1)c1c(OC(=O)CCCN3CCCCC3)cc(C(C)CCCc3ccc(F)cc3)cc1OC2(C)C.Cl. The van der Waals surface area contributed by atoms with Crippen LogP contribution in [0.3, 0.4) is 0 Å². The molecule has 1 aliphatic carbocycles. The van der Waals surface area contributed by atoms with Crippen molar-refractivity contribution in [3.8, 4) is 11.5 Å². The third-order valence-corrected chi connectivity index (χ3v) is 9.40. The Balaban J connectivity index is 0.00000405. The minimum atomic E-state index is -0.372. The van der Waals surface area contributed by atoms with Crippen molar-refractivity contribution in [3.05, 3.63) is 64.5 Å². The second-order valence-electron chi connectivity index (χ2n) is 13.2. The van der Waals surface area contributed by atoms with Gasteiger partial charge in [0.15, 0.2) is 0 Å². The van der Waals surface area contributed by atoms with Crippen molar-refractivity contribution < 1.29 is 18.7 Å². The zero-order chi connectivity index (χ0) is 29.0. The van der Waals surface area contributed by atoms with Crippen LogP contribution in [0.1, 0.15) is 115 Å². The van der Waals surface area contributed by atoms with E-state index in [0.717, 1.165) is 87.0 Å². The fourth-order valence-electron chi connectivity index (χ4n) is 6.96. The monoisotopic (exact) mass is 597 g/mol. The van der Waals surface area contributed by atoms with Gasteiger partial charge in [-0.2, -0.15) is 0 Å². The fraction of sp³-hybridized carbons (Fsp3) is 0.583. The van der Waals surface area contributed by atoms with Gasteiger partial charge in [-0.15, -0.1) is 12.4 Å². The van der Waals surface area contributed by atoms with E-state index in [9.17, 15) is 9.18 Å². The molecular formula is C36H49ClFNO3. The van der Waals surface area contributed by atoms with Crippen LogP contribution in [0.15, 0.2) is 42.0 Å². The molecule has 42 heavy (non-hydrogen) atoms. The molecular weight excluding hydrogens is 549 g/mol. The van der Waals surface area contributed by atoms with Crippen molar-refractivity contribution in [2.45, 2.75) is 110 Å². The molecule has 0 aromatic heterocycles. The van der Waals surface area contributed by atoms with Crippen LogP contribution < -0.4 is 9.47 Å². The zero-order valence-corrected chi connectivity index (χ0v) is 26.8. The van der Waals surface area contributed by atoms with E-state index in [4.69, 9.17) is 9.47 Å². The summed E-state index contributed by atoms with van der Waals surface area (Å²) in [6.07, 6.45) is 11.2. The largest absolute Gasteiger partial charge is 0.483 e. The first-order chi connectivity index (χ1) is 19.7. The van der Waals surface area contributed by atoms with E-state index in [1.807, 2.05) is 12.1 Å². The fourth-order valence-corrected chi connectivity index (χ4v) is 6.96. The Labute approximate surface area is 258 Å². The summed E-state index contributed by atoms with van der Waals surface area (Å²) in [5.74, 6) is 2.03. The van der Waals surface area contributed by atoms with E-state index in [1.165, 1.54) is 42.5 Å². The number of piperidine rings is 1. The normalized spacial score (nSPS) is 20.5. The molecule has 1 fully saturated rings. The second kappa shape index (κ2) is 14.4. The molecule has 0 saturated carbocycles. The highest BCUT2D eigenvalue weighted by atomic mass is 35.5. The topological polar surface area (TPSA) is 38.8 Å². The first-order valence-electron chi connectivity index (χ1n) is 16.0. The summed E-state index contributed by atoms with van der Waals surface area (Å²) >= 11 is 0. The first kappa shape index (κ1) is 32.5. The number of nitrogens with zero attached hydrogens (tertiary/aromatic N) is 1. The van der Waals surface area contributed by atoms with E-state index in [0.29, 0.717) is 18.1 Å². The van der Waals surface area contributed by atoms with Gasteiger partial charge in [-0.1, -0.05) is 32.4 Å². The summed E-state index contributed by atoms with van der Waals surface area (Å²) in [6.45, 7) is 12.1. The predicted octanol–water partition coefficient (Wildman–Crippen LogP) is 9.29. The van der Waals surface area contributed by atoms with Gasteiger partial charge < -0.3 is 14.4 Å². The van der Waals surface area contributed by atoms with Gasteiger partial charge in [-0.25, -0.2) is 4.39 Å². The lowest BCUT2D eigenvalue weighted by Crippen LogP contribution is -2.37. The summed E-state index contributed by atoms with van der Waals surface area (Å²) in [4.78, 5) is 15.7. The summed E-state index contributed by atoms with van der Waals surface area (Å²) in [6, 6.07) is 11.1. The van der Waals surface area contributed by atoms with Crippen LogP contribution in [-0.2, 0) is 11.2 Å². The number of hydrogen-bond acceptors (Lipinski definition) is 4. The molecule has 2 atom stereocenters. The number of halogens is 2. The van der Waals surface area contributed by atoms with E-state index in [2.05, 4.69) is 44.7 Å². The van der Waals surface area contributed by atoms with E-state index in [1.54, 1.807) is 0 Å². The average Bonchev–Trinajstić information content (AvgIpc) is 2.94. The Kier molecular flexibility index (Phi) is 11.2. The van der Waals surface area contributed by atoms with Crippen molar-refractivity contribution in [2.75, 3.05) is 19.6 Å².